The van der Waals surface area contributed by atoms with Gasteiger partial charge >= 0.3 is 0 Å². The lowest BCUT2D eigenvalue weighted by Crippen LogP contribution is -2.48. The van der Waals surface area contributed by atoms with Crippen molar-refractivity contribution in [2.45, 2.75) is 38.3 Å². The van der Waals surface area contributed by atoms with Crippen LogP contribution in [0.15, 0.2) is 15.2 Å². The van der Waals surface area contributed by atoms with E-state index in [0.717, 1.165) is 35.2 Å². The molecular formula is C12H16BrNO2S. The predicted molar refractivity (Wildman–Crippen MR) is 72.4 cm³/mol. The lowest BCUT2D eigenvalue weighted by Gasteiger charge is -2.37. The van der Waals surface area contributed by atoms with Crippen molar-refractivity contribution in [2.24, 2.45) is 0 Å². The number of hydrogen-bond donors (Lipinski definition) is 1. The van der Waals surface area contributed by atoms with Gasteiger partial charge in [-0.05, 0) is 48.2 Å². The monoisotopic (exact) mass is 317 g/mol. The normalized spacial score (nSPS) is 22.5. The number of nitrogens with zero attached hydrogens (tertiary/aromatic N) is 1. The topological polar surface area (TPSA) is 40.5 Å². The molecule has 1 amide bonds. The second-order valence-corrected chi connectivity index (χ2v) is 6.73. The summed E-state index contributed by atoms with van der Waals surface area (Å²) in [5, 5.41) is 11.6. The van der Waals surface area contributed by atoms with Crippen molar-refractivity contribution < 1.29 is 9.90 Å². The van der Waals surface area contributed by atoms with Crippen molar-refractivity contribution in [3.8, 4) is 0 Å². The number of carbonyl (C=O) groups is 1. The number of amides is 1. The smallest absolute Gasteiger partial charge is 0.255 e. The Morgan fingerprint density at radius 2 is 2.41 bits per heavy atom. The summed E-state index contributed by atoms with van der Waals surface area (Å²) in [6, 6.07) is 1.82. The Morgan fingerprint density at radius 3 is 3.00 bits per heavy atom. The number of piperidine rings is 1. The number of rotatable bonds is 2. The molecule has 0 bridgehead atoms. The van der Waals surface area contributed by atoms with Crippen LogP contribution in [-0.2, 0) is 0 Å². The molecule has 1 N–H and O–H groups in total. The highest BCUT2D eigenvalue weighted by molar-refractivity contribution is 9.11. The number of aliphatic hydroxyl groups excluding tert-OH is 1. The lowest BCUT2D eigenvalue weighted by molar-refractivity contribution is 0.0281. The van der Waals surface area contributed by atoms with Gasteiger partial charge in [-0.1, -0.05) is 0 Å². The molecule has 2 atom stereocenters. The number of carbonyl (C=O) groups excluding carboxylic acids is 1. The summed E-state index contributed by atoms with van der Waals surface area (Å²) in [7, 11) is 0. The first-order chi connectivity index (χ1) is 8.09. The van der Waals surface area contributed by atoms with E-state index >= 15 is 0 Å². The summed E-state index contributed by atoms with van der Waals surface area (Å²) in [5.41, 5.74) is 0.717. The van der Waals surface area contributed by atoms with Gasteiger partial charge in [0.25, 0.3) is 5.91 Å². The summed E-state index contributed by atoms with van der Waals surface area (Å²) in [5.74, 6) is 0.0394. The molecular weight excluding hydrogens is 302 g/mol. The zero-order chi connectivity index (χ0) is 12.4. The van der Waals surface area contributed by atoms with Gasteiger partial charge in [0.15, 0.2) is 0 Å². The minimum Gasteiger partial charge on any atom is -0.391 e. The van der Waals surface area contributed by atoms with Crippen LogP contribution in [0.5, 0.6) is 0 Å². The number of halogens is 1. The number of hydrogen-bond acceptors (Lipinski definition) is 3. The molecule has 1 fully saturated rings. The summed E-state index contributed by atoms with van der Waals surface area (Å²) < 4.78 is 0.964. The van der Waals surface area contributed by atoms with Crippen LogP contribution in [0.3, 0.4) is 0 Å². The Bertz CT molecular complexity index is 405. The Hall–Kier alpha value is -0.390. The highest BCUT2D eigenvalue weighted by Gasteiger charge is 2.30. The molecule has 94 valence electrons. The fourth-order valence-corrected chi connectivity index (χ4v) is 3.43. The van der Waals surface area contributed by atoms with E-state index in [-0.39, 0.29) is 11.9 Å². The average molecular weight is 318 g/mol. The summed E-state index contributed by atoms with van der Waals surface area (Å²) in [6.45, 7) is 2.52. The second kappa shape index (κ2) is 5.50. The molecule has 3 nitrogen and oxygen atoms in total. The van der Waals surface area contributed by atoms with E-state index in [1.807, 2.05) is 16.3 Å². The van der Waals surface area contributed by atoms with Gasteiger partial charge in [0, 0.05) is 11.9 Å². The van der Waals surface area contributed by atoms with Crippen molar-refractivity contribution in [3.05, 3.63) is 20.8 Å². The van der Waals surface area contributed by atoms with Crippen molar-refractivity contribution in [2.75, 3.05) is 6.54 Å². The van der Waals surface area contributed by atoms with Crippen molar-refractivity contribution in [1.29, 1.82) is 0 Å². The minimum atomic E-state index is -0.457. The van der Waals surface area contributed by atoms with Gasteiger partial charge in [-0.25, -0.2) is 0 Å². The van der Waals surface area contributed by atoms with Crippen LogP contribution in [-0.4, -0.2) is 34.6 Å². The molecule has 1 saturated heterocycles. The highest BCUT2D eigenvalue weighted by atomic mass is 79.9. The lowest BCUT2D eigenvalue weighted by atomic mass is 9.97. The summed E-state index contributed by atoms with van der Waals surface area (Å²) in [6.07, 6.45) is 2.56. The van der Waals surface area contributed by atoms with E-state index in [2.05, 4.69) is 15.9 Å². The van der Waals surface area contributed by atoms with Crippen LogP contribution in [0.4, 0.5) is 0 Å². The maximum Gasteiger partial charge on any atom is 0.255 e. The van der Waals surface area contributed by atoms with Crippen LogP contribution < -0.4 is 0 Å². The first-order valence-electron chi connectivity index (χ1n) is 5.82. The van der Waals surface area contributed by atoms with Gasteiger partial charge in [0.2, 0.25) is 0 Å². The number of likely N-dealkylation sites (tertiary alicyclic amines) is 1. The van der Waals surface area contributed by atoms with Crippen LogP contribution in [0.1, 0.15) is 36.5 Å². The van der Waals surface area contributed by atoms with E-state index in [1.54, 1.807) is 6.92 Å². The van der Waals surface area contributed by atoms with Crippen molar-refractivity contribution in [1.82, 2.24) is 4.90 Å². The fraction of sp³-hybridized carbons (Fsp3) is 0.583. The van der Waals surface area contributed by atoms with E-state index in [9.17, 15) is 9.90 Å². The van der Waals surface area contributed by atoms with Gasteiger partial charge in [-0.2, -0.15) is 0 Å². The van der Waals surface area contributed by atoms with Gasteiger partial charge in [0.1, 0.15) is 0 Å². The average Bonchev–Trinajstić information content (AvgIpc) is 2.75. The molecule has 0 spiro atoms. The van der Waals surface area contributed by atoms with Crippen molar-refractivity contribution >= 4 is 33.2 Å². The van der Waals surface area contributed by atoms with Gasteiger partial charge in [-0.15, -0.1) is 11.3 Å². The SMILES string of the molecule is CC(O)C1CCCCN1C(=O)c1csc(Br)c1. The number of thiophene rings is 1. The third-order valence-electron chi connectivity index (χ3n) is 3.18. The molecule has 1 aliphatic heterocycles. The Morgan fingerprint density at radius 1 is 1.65 bits per heavy atom. The number of aliphatic hydroxyl groups is 1. The molecule has 1 aromatic heterocycles. The first kappa shape index (κ1) is 13.1. The summed E-state index contributed by atoms with van der Waals surface area (Å²) in [4.78, 5) is 14.2. The molecule has 5 heteroatoms. The standard InChI is InChI=1S/C12H16BrNO2S/c1-8(15)10-4-2-3-5-14(10)12(16)9-6-11(13)17-7-9/h6-8,10,15H,2-5H2,1H3. The Balaban J connectivity index is 2.16. The third-order valence-corrected chi connectivity index (χ3v) is 4.69. The van der Waals surface area contributed by atoms with Crippen LogP contribution in [0.25, 0.3) is 0 Å². The van der Waals surface area contributed by atoms with Crippen LogP contribution >= 0.6 is 27.3 Å². The molecule has 2 heterocycles. The third kappa shape index (κ3) is 2.89. The Labute approximate surface area is 114 Å². The van der Waals surface area contributed by atoms with Gasteiger partial charge in [-0.3, -0.25) is 4.79 Å². The van der Waals surface area contributed by atoms with E-state index in [1.165, 1.54) is 11.3 Å². The maximum absolute atomic E-state index is 12.3. The van der Waals surface area contributed by atoms with Crippen LogP contribution in [0, 0.1) is 0 Å². The zero-order valence-electron chi connectivity index (χ0n) is 9.73. The molecule has 1 aliphatic rings. The molecule has 0 aromatic carbocycles. The highest BCUT2D eigenvalue weighted by Crippen LogP contribution is 2.26. The second-order valence-electron chi connectivity index (χ2n) is 4.44. The van der Waals surface area contributed by atoms with E-state index < -0.39 is 6.10 Å². The molecule has 0 aliphatic carbocycles. The van der Waals surface area contributed by atoms with Crippen molar-refractivity contribution in [3.63, 3.8) is 0 Å². The first-order valence-corrected chi connectivity index (χ1v) is 7.50. The molecule has 2 unspecified atom stereocenters. The Kier molecular flexibility index (Phi) is 4.22. The minimum absolute atomic E-state index is 0.0325. The molecule has 0 radical (unpaired) electrons. The molecule has 1 aromatic rings. The molecule has 2 rings (SSSR count). The predicted octanol–water partition coefficient (Wildman–Crippen LogP) is 2.89. The molecule has 0 saturated carbocycles. The maximum atomic E-state index is 12.3. The summed E-state index contributed by atoms with van der Waals surface area (Å²) >= 11 is 4.88. The van der Waals surface area contributed by atoms with Gasteiger partial charge in [0.05, 0.1) is 21.5 Å². The van der Waals surface area contributed by atoms with E-state index in [0.29, 0.717) is 0 Å². The zero-order valence-corrected chi connectivity index (χ0v) is 12.1. The fourth-order valence-electron chi connectivity index (χ4n) is 2.30. The van der Waals surface area contributed by atoms with Gasteiger partial charge < -0.3 is 10.0 Å². The largest absolute Gasteiger partial charge is 0.391 e. The van der Waals surface area contributed by atoms with E-state index in [4.69, 9.17) is 0 Å². The van der Waals surface area contributed by atoms with Crippen LogP contribution in [0.2, 0.25) is 0 Å². The quantitative estimate of drug-likeness (QED) is 0.911. The molecule has 17 heavy (non-hydrogen) atoms.